The summed E-state index contributed by atoms with van der Waals surface area (Å²) < 4.78 is 27.6. The van der Waals surface area contributed by atoms with Gasteiger partial charge in [-0.25, -0.2) is 8.42 Å². The Balaban J connectivity index is 2.20. The molecule has 1 amide bonds. The largest absolute Gasteiger partial charge is 0.395 e. The second kappa shape index (κ2) is 8.82. The number of nitrogens with one attached hydrogen (secondary N) is 1. The molecule has 0 aromatic heterocycles. The van der Waals surface area contributed by atoms with Gasteiger partial charge in [-0.2, -0.15) is 0 Å². The molecule has 6 nitrogen and oxygen atoms in total. The van der Waals surface area contributed by atoms with Crippen molar-refractivity contribution in [3.63, 3.8) is 0 Å². The van der Waals surface area contributed by atoms with Crippen molar-refractivity contribution in [2.75, 3.05) is 24.4 Å². The van der Waals surface area contributed by atoms with Crippen LogP contribution < -0.4 is 4.72 Å². The molecule has 0 saturated heterocycles. The first-order chi connectivity index (χ1) is 12.4. The van der Waals surface area contributed by atoms with Crippen LogP contribution in [0.2, 0.25) is 0 Å². The van der Waals surface area contributed by atoms with Gasteiger partial charge < -0.3 is 10.0 Å². The van der Waals surface area contributed by atoms with Gasteiger partial charge in [0.05, 0.1) is 17.2 Å². The van der Waals surface area contributed by atoms with Gasteiger partial charge in [0.2, 0.25) is 0 Å². The molecular formula is C19H24N2O4S. The summed E-state index contributed by atoms with van der Waals surface area (Å²) in [5.74, 6) is -0.225. The molecule has 0 atom stereocenters. The molecule has 0 aliphatic carbocycles. The van der Waals surface area contributed by atoms with E-state index >= 15 is 0 Å². The van der Waals surface area contributed by atoms with E-state index in [2.05, 4.69) is 4.72 Å². The van der Waals surface area contributed by atoms with Crippen molar-refractivity contribution < 1.29 is 18.3 Å². The molecule has 0 aliphatic heterocycles. The lowest BCUT2D eigenvalue weighted by molar-refractivity contribution is 0.0722. The quantitative estimate of drug-likeness (QED) is 0.741. The minimum absolute atomic E-state index is 0.0847. The third kappa shape index (κ3) is 4.83. The lowest BCUT2D eigenvalue weighted by Crippen LogP contribution is -2.34. The topological polar surface area (TPSA) is 86.7 Å². The number of amides is 1. The molecule has 2 aromatic carbocycles. The van der Waals surface area contributed by atoms with Gasteiger partial charge >= 0.3 is 0 Å². The van der Waals surface area contributed by atoms with Crippen LogP contribution in [0.3, 0.4) is 0 Å². The average Bonchev–Trinajstić information content (AvgIpc) is 2.63. The van der Waals surface area contributed by atoms with Crippen molar-refractivity contribution in [2.45, 2.75) is 25.2 Å². The Bertz CT molecular complexity index is 842. The lowest BCUT2D eigenvalue weighted by Gasteiger charge is -2.21. The molecule has 26 heavy (non-hydrogen) atoms. The van der Waals surface area contributed by atoms with Gasteiger partial charge in [0.25, 0.3) is 15.9 Å². The summed E-state index contributed by atoms with van der Waals surface area (Å²) in [5, 5.41) is 9.09. The van der Waals surface area contributed by atoms with Crippen LogP contribution in [0.4, 0.5) is 5.69 Å². The molecule has 0 bridgehead atoms. The summed E-state index contributed by atoms with van der Waals surface area (Å²) in [6.07, 6.45) is 0.776. The maximum Gasteiger partial charge on any atom is 0.261 e. The molecule has 2 aromatic rings. The van der Waals surface area contributed by atoms with Crippen molar-refractivity contribution in [3.05, 3.63) is 59.7 Å². The van der Waals surface area contributed by atoms with Crippen molar-refractivity contribution in [2.24, 2.45) is 0 Å². The van der Waals surface area contributed by atoms with Crippen LogP contribution in [0.1, 0.15) is 29.3 Å². The summed E-state index contributed by atoms with van der Waals surface area (Å²) in [5.41, 5.74) is 1.73. The number of aryl methyl sites for hydroxylation is 1. The lowest BCUT2D eigenvalue weighted by atomic mass is 10.2. The molecule has 0 radical (unpaired) electrons. The van der Waals surface area contributed by atoms with Crippen molar-refractivity contribution in [3.8, 4) is 0 Å². The molecule has 7 heteroatoms. The van der Waals surface area contributed by atoms with E-state index in [1.165, 1.54) is 24.3 Å². The van der Waals surface area contributed by atoms with Crippen LogP contribution in [-0.2, 0) is 10.0 Å². The SMILES string of the molecule is CCCN(CCO)C(=O)c1ccc(S(=O)(=O)Nc2ccccc2C)cc1. The van der Waals surface area contributed by atoms with Gasteiger partial charge in [-0.3, -0.25) is 9.52 Å². The Labute approximate surface area is 154 Å². The molecular weight excluding hydrogens is 352 g/mol. The summed E-state index contributed by atoms with van der Waals surface area (Å²) in [4.78, 5) is 14.1. The van der Waals surface area contributed by atoms with E-state index in [1.807, 2.05) is 26.0 Å². The smallest absolute Gasteiger partial charge is 0.261 e. The van der Waals surface area contributed by atoms with Crippen LogP contribution in [0.25, 0.3) is 0 Å². The summed E-state index contributed by atoms with van der Waals surface area (Å²) in [6.45, 7) is 4.45. The van der Waals surface area contributed by atoms with Crippen LogP contribution in [0.5, 0.6) is 0 Å². The maximum absolute atomic E-state index is 12.5. The van der Waals surface area contributed by atoms with Crippen molar-refractivity contribution >= 4 is 21.6 Å². The van der Waals surface area contributed by atoms with Gasteiger partial charge in [-0.1, -0.05) is 25.1 Å². The number of aliphatic hydroxyl groups excluding tert-OH is 1. The third-order valence-electron chi connectivity index (χ3n) is 3.95. The molecule has 0 heterocycles. The highest BCUT2D eigenvalue weighted by atomic mass is 32.2. The number of carbonyl (C=O) groups excluding carboxylic acids is 1. The van der Waals surface area contributed by atoms with E-state index in [0.29, 0.717) is 17.8 Å². The molecule has 0 fully saturated rings. The van der Waals surface area contributed by atoms with E-state index in [-0.39, 0.29) is 24.0 Å². The zero-order chi connectivity index (χ0) is 19.2. The first-order valence-electron chi connectivity index (χ1n) is 8.47. The third-order valence-corrected chi connectivity index (χ3v) is 5.33. The Hall–Kier alpha value is -2.38. The first-order valence-corrected chi connectivity index (χ1v) is 9.96. The minimum Gasteiger partial charge on any atom is -0.395 e. The highest BCUT2D eigenvalue weighted by Crippen LogP contribution is 2.20. The van der Waals surface area contributed by atoms with Gasteiger partial charge in [-0.15, -0.1) is 0 Å². The Morgan fingerprint density at radius 1 is 1.08 bits per heavy atom. The van der Waals surface area contributed by atoms with Crippen molar-refractivity contribution in [1.29, 1.82) is 0 Å². The molecule has 0 unspecified atom stereocenters. The van der Waals surface area contributed by atoms with E-state index in [4.69, 9.17) is 5.11 Å². The van der Waals surface area contributed by atoms with E-state index in [9.17, 15) is 13.2 Å². The van der Waals surface area contributed by atoms with E-state index in [1.54, 1.807) is 17.0 Å². The number of aliphatic hydroxyl groups is 1. The second-order valence-corrected chi connectivity index (χ2v) is 7.64. The minimum atomic E-state index is -3.73. The van der Waals surface area contributed by atoms with Crippen LogP contribution >= 0.6 is 0 Å². The number of sulfonamides is 1. The zero-order valence-corrected chi connectivity index (χ0v) is 15.8. The highest BCUT2D eigenvalue weighted by Gasteiger charge is 2.18. The Kier molecular flexibility index (Phi) is 6.76. The van der Waals surface area contributed by atoms with E-state index in [0.717, 1.165) is 12.0 Å². The van der Waals surface area contributed by atoms with Gasteiger partial charge in [0, 0.05) is 18.7 Å². The van der Waals surface area contributed by atoms with Crippen molar-refractivity contribution in [1.82, 2.24) is 4.90 Å². The summed E-state index contributed by atoms with van der Waals surface area (Å²) in [6, 6.07) is 12.9. The van der Waals surface area contributed by atoms with Crippen LogP contribution in [0, 0.1) is 6.92 Å². The fourth-order valence-corrected chi connectivity index (χ4v) is 3.69. The number of carbonyl (C=O) groups is 1. The maximum atomic E-state index is 12.5. The molecule has 0 saturated carbocycles. The monoisotopic (exact) mass is 376 g/mol. The van der Waals surface area contributed by atoms with Gasteiger partial charge in [0.1, 0.15) is 0 Å². The van der Waals surface area contributed by atoms with Gasteiger partial charge in [0.15, 0.2) is 0 Å². The van der Waals surface area contributed by atoms with Gasteiger partial charge in [-0.05, 0) is 49.2 Å². The molecule has 2 N–H and O–H groups in total. The molecule has 0 spiro atoms. The predicted molar refractivity (Wildman–Crippen MR) is 102 cm³/mol. The highest BCUT2D eigenvalue weighted by molar-refractivity contribution is 7.92. The summed E-state index contributed by atoms with van der Waals surface area (Å²) in [7, 11) is -3.73. The number of hydrogen-bond donors (Lipinski definition) is 2. The van der Waals surface area contributed by atoms with Crippen LogP contribution in [-0.4, -0.2) is 44.0 Å². The Morgan fingerprint density at radius 2 is 1.73 bits per heavy atom. The average molecular weight is 376 g/mol. The number of rotatable bonds is 8. The Morgan fingerprint density at radius 3 is 2.31 bits per heavy atom. The predicted octanol–water partition coefficient (Wildman–Crippen LogP) is 2.64. The number of para-hydroxylation sites is 1. The number of nitrogens with zero attached hydrogens (tertiary/aromatic N) is 1. The number of hydrogen-bond acceptors (Lipinski definition) is 4. The first kappa shape index (κ1) is 19.9. The molecule has 0 aliphatic rings. The normalized spacial score (nSPS) is 11.2. The van der Waals surface area contributed by atoms with E-state index < -0.39 is 10.0 Å². The standard InChI is InChI=1S/C19H24N2O4S/c1-3-12-21(13-14-22)19(23)16-8-10-17(11-9-16)26(24,25)20-18-7-5-4-6-15(18)2/h4-11,20,22H,3,12-14H2,1-2H3. The molecule has 2 rings (SSSR count). The fraction of sp³-hybridized carbons (Fsp3) is 0.316. The second-order valence-electron chi connectivity index (χ2n) is 5.96. The van der Waals surface area contributed by atoms with Crippen LogP contribution in [0.15, 0.2) is 53.4 Å². The summed E-state index contributed by atoms with van der Waals surface area (Å²) >= 11 is 0. The number of benzene rings is 2. The fourth-order valence-electron chi connectivity index (χ4n) is 2.56. The molecule has 140 valence electrons. The zero-order valence-electron chi connectivity index (χ0n) is 15.0. The number of anilines is 1.